The summed E-state index contributed by atoms with van der Waals surface area (Å²) in [6.07, 6.45) is 4.36. The van der Waals surface area contributed by atoms with Gasteiger partial charge in [0.05, 0.1) is 18.6 Å². The number of nitrogens with one attached hydrogen (secondary N) is 1. The average molecular weight is 352 g/mol. The first kappa shape index (κ1) is 16.0. The van der Waals surface area contributed by atoms with Gasteiger partial charge in [0.1, 0.15) is 0 Å². The molecule has 0 radical (unpaired) electrons. The number of hydrogen-bond acceptors (Lipinski definition) is 4. The second-order valence-corrected chi connectivity index (χ2v) is 7.24. The average Bonchev–Trinajstić information content (AvgIpc) is 3.30. The predicted molar refractivity (Wildman–Crippen MR) is 99.7 cm³/mol. The van der Waals surface area contributed by atoms with E-state index in [9.17, 15) is 4.79 Å². The molecule has 1 aromatic carbocycles. The minimum absolute atomic E-state index is 0.0273. The number of hydrogen-bond donors (Lipinski definition) is 1. The highest BCUT2D eigenvalue weighted by molar-refractivity contribution is 7.10. The SMILES string of the molecule is CC(=O)N1CCc2sccc2[C@H]1c1ccccc1NCc1ccoc1. The fourth-order valence-corrected chi connectivity index (χ4v) is 4.38. The summed E-state index contributed by atoms with van der Waals surface area (Å²) < 4.78 is 5.14. The molecular formula is C20H20N2O2S. The maximum absolute atomic E-state index is 12.3. The Morgan fingerprint density at radius 3 is 2.96 bits per heavy atom. The van der Waals surface area contributed by atoms with Crippen molar-refractivity contribution in [1.29, 1.82) is 0 Å². The van der Waals surface area contributed by atoms with E-state index in [1.807, 2.05) is 23.1 Å². The minimum Gasteiger partial charge on any atom is -0.472 e. The summed E-state index contributed by atoms with van der Waals surface area (Å²) in [5.74, 6) is 0.117. The van der Waals surface area contributed by atoms with Gasteiger partial charge in [-0.3, -0.25) is 4.79 Å². The monoisotopic (exact) mass is 352 g/mol. The number of thiophene rings is 1. The van der Waals surface area contributed by atoms with E-state index >= 15 is 0 Å². The van der Waals surface area contributed by atoms with Crippen LogP contribution in [0.1, 0.15) is 34.5 Å². The van der Waals surface area contributed by atoms with Crippen molar-refractivity contribution in [3.05, 3.63) is 75.9 Å². The van der Waals surface area contributed by atoms with Gasteiger partial charge >= 0.3 is 0 Å². The van der Waals surface area contributed by atoms with E-state index in [1.165, 1.54) is 10.4 Å². The van der Waals surface area contributed by atoms with Crippen molar-refractivity contribution in [2.45, 2.75) is 25.9 Å². The van der Waals surface area contributed by atoms with Gasteiger partial charge in [-0.25, -0.2) is 0 Å². The van der Waals surface area contributed by atoms with Gasteiger partial charge in [-0.1, -0.05) is 18.2 Å². The Bertz CT molecular complexity index is 869. The maximum Gasteiger partial charge on any atom is 0.220 e. The zero-order valence-corrected chi connectivity index (χ0v) is 14.9. The van der Waals surface area contributed by atoms with Crippen molar-refractivity contribution in [2.75, 3.05) is 11.9 Å². The van der Waals surface area contributed by atoms with Crippen LogP contribution < -0.4 is 5.32 Å². The Morgan fingerprint density at radius 1 is 1.28 bits per heavy atom. The van der Waals surface area contributed by atoms with E-state index in [2.05, 4.69) is 28.9 Å². The van der Waals surface area contributed by atoms with E-state index < -0.39 is 0 Å². The zero-order chi connectivity index (χ0) is 17.2. The molecular weight excluding hydrogens is 332 g/mol. The van der Waals surface area contributed by atoms with E-state index in [4.69, 9.17) is 4.42 Å². The lowest BCUT2D eigenvalue weighted by atomic mass is 9.92. The molecule has 3 aromatic rings. The fraction of sp³-hybridized carbons (Fsp3) is 0.250. The normalized spacial score (nSPS) is 16.5. The summed E-state index contributed by atoms with van der Waals surface area (Å²) in [6, 6.07) is 12.3. The molecule has 4 rings (SSSR count). The molecule has 128 valence electrons. The molecule has 3 heterocycles. The number of nitrogens with zero attached hydrogens (tertiary/aromatic N) is 1. The molecule has 2 aromatic heterocycles. The molecule has 1 amide bonds. The van der Waals surface area contributed by atoms with Gasteiger partial charge in [0.2, 0.25) is 5.91 Å². The first-order valence-corrected chi connectivity index (χ1v) is 9.29. The number of carbonyl (C=O) groups excluding carboxylic acids is 1. The number of anilines is 1. The third-order valence-electron chi connectivity index (χ3n) is 4.69. The lowest BCUT2D eigenvalue weighted by Gasteiger charge is -2.36. The largest absolute Gasteiger partial charge is 0.472 e. The summed E-state index contributed by atoms with van der Waals surface area (Å²) in [5, 5.41) is 5.63. The van der Waals surface area contributed by atoms with E-state index in [-0.39, 0.29) is 11.9 Å². The highest BCUT2D eigenvalue weighted by Crippen LogP contribution is 2.40. The standard InChI is InChI=1S/C20H20N2O2S/c1-14(23)22-9-6-19-17(8-11-25-19)20(22)16-4-2-3-5-18(16)21-12-15-7-10-24-13-15/h2-5,7-8,10-11,13,20-21H,6,9,12H2,1H3/t20-/m1/s1. The smallest absolute Gasteiger partial charge is 0.220 e. The molecule has 25 heavy (non-hydrogen) atoms. The molecule has 0 aliphatic carbocycles. The van der Waals surface area contributed by atoms with Crippen LogP contribution in [0.15, 0.2) is 58.7 Å². The van der Waals surface area contributed by atoms with Gasteiger partial charge in [0.15, 0.2) is 0 Å². The number of para-hydroxylation sites is 1. The number of rotatable bonds is 4. The van der Waals surface area contributed by atoms with Gasteiger partial charge in [-0.15, -0.1) is 11.3 Å². The Labute approximate surface area is 151 Å². The summed E-state index contributed by atoms with van der Waals surface area (Å²) in [7, 11) is 0. The van der Waals surface area contributed by atoms with E-state index in [1.54, 1.807) is 30.8 Å². The van der Waals surface area contributed by atoms with Crippen molar-refractivity contribution in [1.82, 2.24) is 4.90 Å². The van der Waals surface area contributed by atoms with Crippen LogP contribution in [0, 0.1) is 0 Å². The first-order valence-electron chi connectivity index (χ1n) is 8.41. The van der Waals surface area contributed by atoms with E-state index in [0.717, 1.165) is 29.8 Å². The van der Waals surface area contributed by atoms with Crippen LogP contribution in [0.2, 0.25) is 0 Å². The molecule has 0 bridgehead atoms. The van der Waals surface area contributed by atoms with Crippen LogP contribution >= 0.6 is 11.3 Å². The Hall–Kier alpha value is -2.53. The van der Waals surface area contributed by atoms with Crippen molar-refractivity contribution in [3.63, 3.8) is 0 Å². The van der Waals surface area contributed by atoms with Crippen molar-refractivity contribution >= 4 is 22.9 Å². The molecule has 0 saturated carbocycles. The summed E-state index contributed by atoms with van der Waals surface area (Å²) in [5.41, 5.74) is 4.54. The number of furan rings is 1. The highest BCUT2D eigenvalue weighted by Gasteiger charge is 2.32. The van der Waals surface area contributed by atoms with Gasteiger partial charge < -0.3 is 14.6 Å². The fourth-order valence-electron chi connectivity index (χ4n) is 3.48. The van der Waals surface area contributed by atoms with Crippen molar-refractivity contribution in [3.8, 4) is 0 Å². The topological polar surface area (TPSA) is 45.5 Å². The van der Waals surface area contributed by atoms with Crippen molar-refractivity contribution < 1.29 is 9.21 Å². The second kappa shape index (κ2) is 6.76. The summed E-state index contributed by atoms with van der Waals surface area (Å²) in [6.45, 7) is 3.12. The molecule has 0 spiro atoms. The van der Waals surface area contributed by atoms with Gasteiger partial charge in [-0.2, -0.15) is 0 Å². The molecule has 0 fully saturated rings. The molecule has 0 saturated heterocycles. The summed E-state index contributed by atoms with van der Waals surface area (Å²) in [4.78, 5) is 15.6. The van der Waals surface area contributed by atoms with Gasteiger partial charge in [0, 0.05) is 41.7 Å². The van der Waals surface area contributed by atoms with Gasteiger partial charge in [0.25, 0.3) is 0 Å². The quantitative estimate of drug-likeness (QED) is 0.755. The van der Waals surface area contributed by atoms with Crippen LogP contribution in [0.4, 0.5) is 5.69 Å². The molecule has 4 nitrogen and oxygen atoms in total. The highest BCUT2D eigenvalue weighted by atomic mass is 32.1. The number of carbonyl (C=O) groups is 1. The third kappa shape index (κ3) is 3.07. The Morgan fingerprint density at radius 2 is 2.16 bits per heavy atom. The molecule has 1 atom stereocenters. The Kier molecular flexibility index (Phi) is 4.32. The minimum atomic E-state index is -0.0273. The lowest BCUT2D eigenvalue weighted by Crippen LogP contribution is -2.38. The lowest BCUT2D eigenvalue weighted by molar-refractivity contribution is -0.130. The zero-order valence-electron chi connectivity index (χ0n) is 14.1. The van der Waals surface area contributed by atoms with Crippen LogP contribution in [-0.2, 0) is 17.8 Å². The first-order chi connectivity index (χ1) is 12.2. The summed E-state index contributed by atoms with van der Waals surface area (Å²) >= 11 is 1.78. The van der Waals surface area contributed by atoms with Crippen LogP contribution in [0.5, 0.6) is 0 Å². The second-order valence-electron chi connectivity index (χ2n) is 6.24. The maximum atomic E-state index is 12.3. The Balaban J connectivity index is 1.71. The molecule has 0 unspecified atom stereocenters. The van der Waals surface area contributed by atoms with Gasteiger partial charge in [-0.05, 0) is 35.6 Å². The number of fused-ring (bicyclic) bond motifs is 1. The van der Waals surface area contributed by atoms with Crippen LogP contribution in [-0.4, -0.2) is 17.4 Å². The number of benzene rings is 1. The van der Waals surface area contributed by atoms with Crippen LogP contribution in [0.25, 0.3) is 0 Å². The predicted octanol–water partition coefficient (Wildman–Crippen LogP) is 4.45. The van der Waals surface area contributed by atoms with Crippen molar-refractivity contribution in [2.24, 2.45) is 0 Å². The van der Waals surface area contributed by atoms with Crippen LogP contribution in [0.3, 0.4) is 0 Å². The molecule has 1 aliphatic heterocycles. The molecule has 1 N–H and O–H groups in total. The van der Waals surface area contributed by atoms with E-state index in [0.29, 0.717) is 6.54 Å². The number of amides is 1. The molecule has 1 aliphatic rings. The third-order valence-corrected chi connectivity index (χ3v) is 5.69. The molecule has 5 heteroatoms.